The van der Waals surface area contributed by atoms with Gasteiger partial charge in [-0.05, 0) is 120 Å². The van der Waals surface area contributed by atoms with Crippen molar-refractivity contribution in [3.05, 3.63) is 162 Å². The molecule has 70 heavy (non-hydrogen) atoms. The van der Waals surface area contributed by atoms with Crippen LogP contribution in [-0.4, -0.2) is 31.6 Å². The minimum absolute atomic E-state index is 0.0924. The molecule has 0 saturated heterocycles. The average Bonchev–Trinajstić information content (AvgIpc) is 3.39. The van der Waals surface area contributed by atoms with E-state index in [0.717, 1.165) is 47.5 Å². The molecule has 0 saturated carbocycles. The van der Waals surface area contributed by atoms with Gasteiger partial charge in [0.15, 0.2) is 11.5 Å². The summed E-state index contributed by atoms with van der Waals surface area (Å²) in [5, 5.41) is 0. The molecule has 6 aromatic rings. The van der Waals surface area contributed by atoms with Gasteiger partial charge in [-0.15, -0.1) is 0 Å². The van der Waals surface area contributed by atoms with E-state index >= 15 is 0 Å². The van der Waals surface area contributed by atoms with Gasteiger partial charge >= 0.3 is 17.9 Å². The number of rotatable bonds is 30. The molecular formula is C62H72O8. The number of hydrogen-bond donors (Lipinski definition) is 0. The fourth-order valence-corrected chi connectivity index (χ4v) is 8.42. The maximum Gasteiger partial charge on any atom is 0.343 e. The molecule has 0 N–H and O–H groups in total. The highest BCUT2D eigenvalue weighted by molar-refractivity contribution is 5.97. The molecule has 0 bridgehead atoms. The summed E-state index contributed by atoms with van der Waals surface area (Å²) >= 11 is 0. The van der Waals surface area contributed by atoms with Gasteiger partial charge in [0.1, 0.15) is 17.2 Å². The lowest BCUT2D eigenvalue weighted by Gasteiger charge is -2.12. The Morgan fingerprint density at radius 1 is 0.371 bits per heavy atom. The average molecular weight is 945 g/mol. The molecule has 8 nitrogen and oxygen atoms in total. The van der Waals surface area contributed by atoms with Crippen molar-refractivity contribution < 1.29 is 38.1 Å². The Balaban J connectivity index is 0.931. The fraction of sp³-hybridized carbons (Fsp3) is 0.371. The minimum Gasteiger partial charge on any atom is -0.494 e. The van der Waals surface area contributed by atoms with Crippen LogP contribution in [0.4, 0.5) is 0 Å². The molecule has 0 atom stereocenters. The monoisotopic (exact) mass is 945 g/mol. The SMILES string of the molecule is CCCCCCCCCCCOc1ccc(-c2ccc(OC(=O)c3ccc(OC(=O)c4cccc(C(=O)Oc5ccc(-c6ccc(CCCCCCCCCCC)cc6)cc5)c4)c(OC)c3)cc2)cc1. The van der Waals surface area contributed by atoms with Crippen LogP contribution < -0.4 is 23.7 Å². The lowest BCUT2D eigenvalue weighted by molar-refractivity contribution is 0.0724. The van der Waals surface area contributed by atoms with Crippen LogP contribution >= 0.6 is 0 Å². The van der Waals surface area contributed by atoms with E-state index in [4.69, 9.17) is 23.7 Å². The maximum absolute atomic E-state index is 13.3. The van der Waals surface area contributed by atoms with Crippen molar-refractivity contribution in [1.82, 2.24) is 0 Å². The highest BCUT2D eigenvalue weighted by Gasteiger charge is 2.19. The Kier molecular flexibility index (Phi) is 22.1. The minimum atomic E-state index is -0.719. The second kappa shape index (κ2) is 29.4. The van der Waals surface area contributed by atoms with E-state index in [1.165, 1.54) is 146 Å². The van der Waals surface area contributed by atoms with Gasteiger partial charge in [0, 0.05) is 0 Å². The smallest absolute Gasteiger partial charge is 0.343 e. The van der Waals surface area contributed by atoms with Crippen molar-refractivity contribution >= 4 is 17.9 Å². The molecule has 0 fully saturated rings. The van der Waals surface area contributed by atoms with E-state index < -0.39 is 17.9 Å². The maximum atomic E-state index is 13.3. The van der Waals surface area contributed by atoms with Crippen molar-refractivity contribution in [2.75, 3.05) is 13.7 Å². The first-order chi connectivity index (χ1) is 34.3. The highest BCUT2D eigenvalue weighted by atomic mass is 16.6. The van der Waals surface area contributed by atoms with Gasteiger partial charge in [0.2, 0.25) is 0 Å². The van der Waals surface area contributed by atoms with Crippen molar-refractivity contribution in [2.45, 2.75) is 136 Å². The quantitative estimate of drug-likeness (QED) is 0.0250. The molecular weight excluding hydrogens is 873 g/mol. The van der Waals surface area contributed by atoms with Gasteiger partial charge in [-0.25, -0.2) is 14.4 Å². The van der Waals surface area contributed by atoms with E-state index in [2.05, 4.69) is 38.1 Å². The van der Waals surface area contributed by atoms with Gasteiger partial charge < -0.3 is 23.7 Å². The Hall–Kier alpha value is -6.67. The molecule has 0 unspecified atom stereocenters. The number of aryl methyl sites for hydroxylation is 1. The molecule has 0 amide bonds. The zero-order valence-corrected chi connectivity index (χ0v) is 41.7. The van der Waals surface area contributed by atoms with Crippen LogP contribution in [-0.2, 0) is 6.42 Å². The normalized spacial score (nSPS) is 11.0. The van der Waals surface area contributed by atoms with Crippen LogP contribution in [0.5, 0.6) is 28.7 Å². The molecule has 6 rings (SSSR count). The predicted octanol–water partition coefficient (Wildman–Crippen LogP) is 16.7. The van der Waals surface area contributed by atoms with E-state index in [0.29, 0.717) is 11.5 Å². The molecule has 0 aromatic heterocycles. The van der Waals surface area contributed by atoms with Gasteiger partial charge in [0.05, 0.1) is 30.4 Å². The number of ether oxygens (including phenoxy) is 5. The molecule has 0 radical (unpaired) electrons. The van der Waals surface area contributed by atoms with Crippen molar-refractivity contribution in [2.24, 2.45) is 0 Å². The van der Waals surface area contributed by atoms with Crippen molar-refractivity contribution in [3.63, 3.8) is 0 Å². The number of methoxy groups -OCH3 is 1. The van der Waals surface area contributed by atoms with Crippen LogP contribution in [0.2, 0.25) is 0 Å². The summed E-state index contributed by atoms with van der Waals surface area (Å²) < 4.78 is 28.5. The summed E-state index contributed by atoms with van der Waals surface area (Å²) in [6.45, 7) is 5.23. The zero-order valence-electron chi connectivity index (χ0n) is 41.7. The van der Waals surface area contributed by atoms with Gasteiger partial charge in [-0.1, -0.05) is 183 Å². The molecule has 8 heteroatoms. The summed E-state index contributed by atoms with van der Waals surface area (Å²) in [5.41, 5.74) is 5.97. The standard InChI is InChI=1S/C62H72O8/c1-4-6-8-10-12-14-16-18-20-23-47-26-28-48(29-27-47)50-32-39-56(40-33-50)68-60(63)52-24-22-25-53(45-52)62(65)70-58-43-36-54(46-59(58)66-3)61(64)69-57-41-34-51(35-42-57)49-30-37-55(38-31-49)67-44-21-19-17-15-13-11-9-7-5-2/h22,24-43,45-46H,4-21,23,44H2,1-3H3. The first-order valence-electron chi connectivity index (χ1n) is 25.8. The topological polar surface area (TPSA) is 97.4 Å². The third-order valence-corrected chi connectivity index (χ3v) is 12.6. The van der Waals surface area contributed by atoms with E-state index in [1.807, 2.05) is 48.5 Å². The predicted molar refractivity (Wildman–Crippen MR) is 282 cm³/mol. The second-order valence-corrected chi connectivity index (χ2v) is 18.1. The number of esters is 3. The van der Waals surface area contributed by atoms with Crippen LogP contribution in [0, 0.1) is 0 Å². The first-order valence-corrected chi connectivity index (χ1v) is 25.8. The Morgan fingerprint density at radius 3 is 1.24 bits per heavy atom. The fourth-order valence-electron chi connectivity index (χ4n) is 8.42. The number of benzene rings is 6. The first kappa shape index (κ1) is 52.7. The van der Waals surface area contributed by atoms with Crippen LogP contribution in [0.25, 0.3) is 22.3 Å². The number of unbranched alkanes of at least 4 members (excludes halogenated alkanes) is 16. The molecule has 6 aromatic carbocycles. The summed E-state index contributed by atoms with van der Waals surface area (Å²) in [7, 11) is 1.41. The van der Waals surface area contributed by atoms with Gasteiger partial charge in [-0.3, -0.25) is 0 Å². The number of hydrogen-bond acceptors (Lipinski definition) is 8. The molecule has 0 aliphatic carbocycles. The van der Waals surface area contributed by atoms with E-state index in [-0.39, 0.29) is 28.2 Å². The summed E-state index contributed by atoms with van der Waals surface area (Å²) in [5.74, 6) is -0.0788. The van der Waals surface area contributed by atoms with E-state index in [9.17, 15) is 14.4 Å². The third kappa shape index (κ3) is 17.4. The highest BCUT2D eigenvalue weighted by Crippen LogP contribution is 2.31. The van der Waals surface area contributed by atoms with Crippen LogP contribution in [0.1, 0.15) is 166 Å². The summed E-state index contributed by atoms with van der Waals surface area (Å²) in [6.07, 6.45) is 24.5. The molecule has 368 valence electrons. The molecule has 0 heterocycles. The van der Waals surface area contributed by atoms with Crippen molar-refractivity contribution in [1.29, 1.82) is 0 Å². The van der Waals surface area contributed by atoms with Crippen LogP contribution in [0.3, 0.4) is 0 Å². The van der Waals surface area contributed by atoms with Gasteiger partial charge in [0.25, 0.3) is 0 Å². The molecule has 0 aliphatic rings. The van der Waals surface area contributed by atoms with E-state index in [1.54, 1.807) is 42.5 Å². The Labute approximate surface area is 416 Å². The summed E-state index contributed by atoms with van der Waals surface area (Å²) in [4.78, 5) is 39.7. The van der Waals surface area contributed by atoms with Gasteiger partial charge in [-0.2, -0.15) is 0 Å². The Morgan fingerprint density at radius 2 is 0.771 bits per heavy atom. The molecule has 0 aliphatic heterocycles. The third-order valence-electron chi connectivity index (χ3n) is 12.6. The zero-order chi connectivity index (χ0) is 49.2. The lowest BCUT2D eigenvalue weighted by Crippen LogP contribution is -2.13. The largest absolute Gasteiger partial charge is 0.494 e. The number of carbonyl (C=O) groups is 3. The van der Waals surface area contributed by atoms with Crippen LogP contribution in [0.15, 0.2) is 140 Å². The summed E-state index contributed by atoms with van der Waals surface area (Å²) in [6, 6.07) is 41.9. The lowest BCUT2D eigenvalue weighted by atomic mass is 10.0. The van der Waals surface area contributed by atoms with Crippen molar-refractivity contribution in [3.8, 4) is 51.0 Å². The second-order valence-electron chi connectivity index (χ2n) is 18.1. The molecule has 0 spiro atoms. The Bertz CT molecular complexity index is 2490. The number of carbonyl (C=O) groups excluding carboxylic acids is 3.